The highest BCUT2D eigenvalue weighted by atomic mass is 16.7. The lowest BCUT2D eigenvalue weighted by Crippen LogP contribution is -2.42. The topological polar surface area (TPSA) is 61.8 Å². The standard InChI is InChI=1S/C10H12O5/c1-13-9(12)7-4-5-8(11)10(6-7,14-2)15-3/h4-6H,1-3H3. The third-order valence-electron chi connectivity index (χ3n) is 2.13. The fourth-order valence-electron chi connectivity index (χ4n) is 1.25. The van der Waals surface area contributed by atoms with Gasteiger partial charge < -0.3 is 14.2 Å². The van der Waals surface area contributed by atoms with Crippen LogP contribution in [0.2, 0.25) is 0 Å². The Morgan fingerprint density at radius 2 is 1.80 bits per heavy atom. The molecule has 0 N–H and O–H groups in total. The van der Waals surface area contributed by atoms with Crippen LogP contribution < -0.4 is 0 Å². The summed E-state index contributed by atoms with van der Waals surface area (Å²) in [6.07, 6.45) is 3.88. The fourth-order valence-corrected chi connectivity index (χ4v) is 1.25. The lowest BCUT2D eigenvalue weighted by molar-refractivity contribution is -0.181. The molecule has 0 fully saturated rings. The number of hydrogen-bond donors (Lipinski definition) is 0. The maximum absolute atomic E-state index is 11.5. The van der Waals surface area contributed by atoms with E-state index in [1.165, 1.54) is 39.6 Å². The Balaban J connectivity index is 3.09. The zero-order chi connectivity index (χ0) is 11.5. The Labute approximate surface area is 87.3 Å². The predicted octanol–water partition coefficient (Wildman–Crippen LogP) is 0.214. The molecule has 15 heavy (non-hydrogen) atoms. The molecule has 0 aromatic carbocycles. The van der Waals surface area contributed by atoms with Crippen LogP contribution in [0.1, 0.15) is 0 Å². The number of carbonyl (C=O) groups excluding carboxylic acids is 2. The van der Waals surface area contributed by atoms with E-state index in [1.54, 1.807) is 0 Å². The first-order valence-electron chi connectivity index (χ1n) is 4.23. The molecule has 82 valence electrons. The normalized spacial score (nSPS) is 18.6. The van der Waals surface area contributed by atoms with Crippen molar-refractivity contribution < 1.29 is 23.8 Å². The Hall–Kier alpha value is -1.46. The van der Waals surface area contributed by atoms with Gasteiger partial charge in [0.25, 0.3) is 5.79 Å². The van der Waals surface area contributed by atoms with Crippen LogP contribution in [0.5, 0.6) is 0 Å². The minimum Gasteiger partial charge on any atom is -0.465 e. The Morgan fingerprint density at radius 1 is 1.20 bits per heavy atom. The van der Waals surface area contributed by atoms with Crippen molar-refractivity contribution in [3.63, 3.8) is 0 Å². The van der Waals surface area contributed by atoms with Gasteiger partial charge in [0.2, 0.25) is 5.78 Å². The SMILES string of the molecule is COC(=O)C1=CC(OC)(OC)C(=O)C=C1. The highest BCUT2D eigenvalue weighted by Crippen LogP contribution is 2.23. The summed E-state index contributed by atoms with van der Waals surface area (Å²) < 4.78 is 14.4. The molecule has 0 aromatic rings. The summed E-state index contributed by atoms with van der Waals surface area (Å²) in [6, 6.07) is 0. The molecular weight excluding hydrogens is 200 g/mol. The lowest BCUT2D eigenvalue weighted by atomic mass is 10.0. The molecule has 0 bridgehead atoms. The third kappa shape index (κ3) is 1.98. The number of hydrogen-bond acceptors (Lipinski definition) is 5. The first kappa shape index (κ1) is 11.6. The van der Waals surface area contributed by atoms with Crippen LogP contribution in [0.25, 0.3) is 0 Å². The van der Waals surface area contributed by atoms with E-state index in [2.05, 4.69) is 4.74 Å². The molecule has 1 aliphatic rings. The van der Waals surface area contributed by atoms with Crippen LogP contribution in [0.3, 0.4) is 0 Å². The fraction of sp³-hybridized carbons (Fsp3) is 0.400. The molecule has 1 aliphatic carbocycles. The largest absolute Gasteiger partial charge is 0.465 e. The molecule has 0 heterocycles. The summed E-state index contributed by atoms with van der Waals surface area (Å²) in [4.78, 5) is 22.7. The van der Waals surface area contributed by atoms with Crippen LogP contribution in [0.4, 0.5) is 0 Å². The van der Waals surface area contributed by atoms with Crippen molar-refractivity contribution in [2.45, 2.75) is 5.79 Å². The molecule has 0 unspecified atom stereocenters. The van der Waals surface area contributed by atoms with Crippen molar-refractivity contribution in [2.75, 3.05) is 21.3 Å². The van der Waals surface area contributed by atoms with Gasteiger partial charge in [-0.25, -0.2) is 4.79 Å². The van der Waals surface area contributed by atoms with Crippen molar-refractivity contribution in [3.8, 4) is 0 Å². The van der Waals surface area contributed by atoms with Crippen LogP contribution in [-0.4, -0.2) is 38.9 Å². The van der Waals surface area contributed by atoms with Gasteiger partial charge in [0.15, 0.2) is 0 Å². The molecule has 0 amide bonds. The van der Waals surface area contributed by atoms with E-state index in [0.717, 1.165) is 0 Å². The summed E-state index contributed by atoms with van der Waals surface area (Å²) in [5.41, 5.74) is 0.223. The monoisotopic (exact) mass is 212 g/mol. The summed E-state index contributed by atoms with van der Waals surface area (Å²) in [5.74, 6) is -2.43. The van der Waals surface area contributed by atoms with Gasteiger partial charge in [-0.05, 0) is 18.2 Å². The van der Waals surface area contributed by atoms with Gasteiger partial charge in [-0.15, -0.1) is 0 Å². The number of ether oxygens (including phenoxy) is 3. The summed E-state index contributed by atoms with van der Waals surface area (Å²) in [5, 5.41) is 0. The molecule has 0 saturated heterocycles. The zero-order valence-corrected chi connectivity index (χ0v) is 8.77. The van der Waals surface area contributed by atoms with E-state index in [0.29, 0.717) is 0 Å². The summed E-state index contributed by atoms with van der Waals surface area (Å²) in [7, 11) is 3.91. The molecule has 0 radical (unpaired) electrons. The number of methoxy groups -OCH3 is 3. The minimum atomic E-state index is -1.52. The van der Waals surface area contributed by atoms with E-state index >= 15 is 0 Å². The van der Waals surface area contributed by atoms with Crippen LogP contribution in [0, 0.1) is 0 Å². The molecular formula is C10H12O5. The molecule has 0 atom stereocenters. The Bertz CT molecular complexity index is 336. The first-order chi connectivity index (χ1) is 7.09. The van der Waals surface area contributed by atoms with Crippen LogP contribution >= 0.6 is 0 Å². The van der Waals surface area contributed by atoms with Crippen LogP contribution in [-0.2, 0) is 23.8 Å². The second kappa shape index (κ2) is 4.37. The van der Waals surface area contributed by atoms with E-state index in [4.69, 9.17) is 9.47 Å². The Morgan fingerprint density at radius 3 is 2.27 bits per heavy atom. The van der Waals surface area contributed by atoms with Gasteiger partial charge in [-0.3, -0.25) is 4.79 Å². The molecule has 5 nitrogen and oxygen atoms in total. The minimum absolute atomic E-state index is 0.223. The van der Waals surface area contributed by atoms with Crippen LogP contribution in [0.15, 0.2) is 23.8 Å². The second-order valence-electron chi connectivity index (χ2n) is 2.86. The number of rotatable bonds is 3. The van der Waals surface area contributed by atoms with Gasteiger partial charge in [-0.2, -0.15) is 0 Å². The van der Waals surface area contributed by atoms with Gasteiger partial charge in [0.1, 0.15) is 0 Å². The third-order valence-corrected chi connectivity index (χ3v) is 2.13. The maximum atomic E-state index is 11.5. The van der Waals surface area contributed by atoms with E-state index in [-0.39, 0.29) is 11.4 Å². The summed E-state index contributed by atoms with van der Waals surface area (Å²) in [6.45, 7) is 0. The number of esters is 1. The second-order valence-corrected chi connectivity index (χ2v) is 2.86. The lowest BCUT2D eigenvalue weighted by Gasteiger charge is -2.27. The molecule has 0 aliphatic heterocycles. The van der Waals surface area contributed by atoms with Crippen molar-refractivity contribution in [3.05, 3.63) is 23.8 Å². The van der Waals surface area contributed by atoms with Crippen molar-refractivity contribution in [2.24, 2.45) is 0 Å². The zero-order valence-electron chi connectivity index (χ0n) is 8.77. The van der Waals surface area contributed by atoms with E-state index < -0.39 is 11.8 Å². The smallest absolute Gasteiger partial charge is 0.337 e. The van der Waals surface area contributed by atoms with Gasteiger partial charge >= 0.3 is 5.97 Å². The molecule has 0 spiro atoms. The van der Waals surface area contributed by atoms with E-state index in [1.807, 2.05) is 0 Å². The average molecular weight is 212 g/mol. The summed E-state index contributed by atoms with van der Waals surface area (Å²) >= 11 is 0. The molecule has 1 rings (SSSR count). The average Bonchev–Trinajstić information content (AvgIpc) is 2.29. The molecule has 0 aromatic heterocycles. The first-order valence-corrected chi connectivity index (χ1v) is 4.23. The highest BCUT2D eigenvalue weighted by Gasteiger charge is 2.38. The maximum Gasteiger partial charge on any atom is 0.337 e. The predicted molar refractivity (Wildman–Crippen MR) is 51.0 cm³/mol. The molecule has 5 heteroatoms. The highest BCUT2D eigenvalue weighted by molar-refractivity contribution is 6.04. The van der Waals surface area contributed by atoms with Crippen molar-refractivity contribution >= 4 is 11.8 Å². The van der Waals surface area contributed by atoms with Gasteiger partial charge in [0, 0.05) is 14.2 Å². The molecule has 0 saturated carbocycles. The Kier molecular flexibility index (Phi) is 3.39. The van der Waals surface area contributed by atoms with E-state index in [9.17, 15) is 9.59 Å². The number of carbonyl (C=O) groups is 2. The number of ketones is 1. The van der Waals surface area contributed by atoms with Gasteiger partial charge in [0.05, 0.1) is 12.7 Å². The van der Waals surface area contributed by atoms with Crippen molar-refractivity contribution in [1.29, 1.82) is 0 Å². The quantitative estimate of drug-likeness (QED) is 0.494. The van der Waals surface area contributed by atoms with Crippen molar-refractivity contribution in [1.82, 2.24) is 0 Å². The van der Waals surface area contributed by atoms with Gasteiger partial charge in [-0.1, -0.05) is 0 Å².